The smallest absolute Gasteiger partial charge is 0.225 e. The van der Waals surface area contributed by atoms with E-state index in [2.05, 4.69) is 4.72 Å². The van der Waals surface area contributed by atoms with Crippen LogP contribution in [0, 0.1) is 11.3 Å². The third-order valence-electron chi connectivity index (χ3n) is 1.38. The Labute approximate surface area is 72.6 Å². The predicted molar refractivity (Wildman–Crippen MR) is 45.7 cm³/mol. The number of hydrogen-bond donors (Lipinski definition) is 2. The van der Waals surface area contributed by atoms with Crippen molar-refractivity contribution in [1.82, 2.24) is 4.72 Å². The van der Waals surface area contributed by atoms with Crippen LogP contribution in [0.2, 0.25) is 0 Å². The van der Waals surface area contributed by atoms with Gasteiger partial charge in [0.1, 0.15) is 0 Å². The van der Waals surface area contributed by atoms with E-state index < -0.39 is 15.8 Å². The summed E-state index contributed by atoms with van der Waals surface area (Å²) in [7, 11) is -3.45. The molecule has 6 heteroatoms. The number of nitrogens with two attached hydrogens (primary N) is 1. The first-order chi connectivity index (χ1) is 5.55. The number of nitrogens with zero attached hydrogens (tertiary/aromatic N) is 1. The maximum absolute atomic E-state index is 11.0. The number of hydrogen-bond acceptors (Lipinski definition) is 4. The van der Waals surface area contributed by atoms with Gasteiger partial charge >= 0.3 is 0 Å². The van der Waals surface area contributed by atoms with E-state index in [0.717, 1.165) is 0 Å². The molecule has 0 radical (unpaired) electrons. The molecular weight excluding hydrogens is 178 g/mol. The largest absolute Gasteiger partial charge is 0.329 e. The molecule has 0 saturated heterocycles. The highest BCUT2D eigenvalue weighted by Crippen LogP contribution is 1.92. The Morgan fingerprint density at radius 3 is 2.58 bits per heavy atom. The number of rotatable bonds is 5. The van der Waals surface area contributed by atoms with E-state index in [0.29, 0.717) is 6.42 Å². The van der Waals surface area contributed by atoms with Crippen LogP contribution < -0.4 is 10.5 Å². The van der Waals surface area contributed by atoms with Crippen molar-refractivity contribution in [1.29, 1.82) is 5.26 Å². The lowest BCUT2D eigenvalue weighted by atomic mass is 10.2. The summed E-state index contributed by atoms with van der Waals surface area (Å²) in [5, 5.41) is 8.16. The van der Waals surface area contributed by atoms with E-state index in [1.54, 1.807) is 6.07 Å². The summed E-state index contributed by atoms with van der Waals surface area (Å²) < 4.78 is 24.3. The normalized spacial score (nSPS) is 13.8. The molecule has 0 amide bonds. The predicted octanol–water partition coefficient (Wildman–Crippen LogP) is -0.833. The fourth-order valence-corrected chi connectivity index (χ4v) is 1.70. The lowest BCUT2D eigenvalue weighted by Gasteiger charge is -2.12. The lowest BCUT2D eigenvalue weighted by Crippen LogP contribution is -2.40. The molecule has 0 bridgehead atoms. The SMILES string of the molecule is CCC(CN)NS(=O)(=O)CC#N. The summed E-state index contributed by atoms with van der Waals surface area (Å²) in [4.78, 5) is 0. The van der Waals surface area contributed by atoms with Crippen LogP contribution in [0.5, 0.6) is 0 Å². The van der Waals surface area contributed by atoms with Crippen molar-refractivity contribution in [3.63, 3.8) is 0 Å². The summed E-state index contributed by atoms with van der Waals surface area (Å²) in [5.74, 6) is -0.510. The van der Waals surface area contributed by atoms with Crippen LogP contribution >= 0.6 is 0 Å². The molecule has 0 aliphatic carbocycles. The van der Waals surface area contributed by atoms with Gasteiger partial charge in [0, 0.05) is 12.6 Å². The first-order valence-electron chi connectivity index (χ1n) is 3.62. The fraction of sp³-hybridized carbons (Fsp3) is 0.833. The molecule has 5 nitrogen and oxygen atoms in total. The van der Waals surface area contributed by atoms with Gasteiger partial charge in [-0.2, -0.15) is 5.26 Å². The Bertz CT molecular complexity index is 250. The average molecular weight is 191 g/mol. The van der Waals surface area contributed by atoms with Gasteiger partial charge in [0.15, 0.2) is 5.75 Å². The molecule has 0 heterocycles. The molecule has 1 unspecified atom stereocenters. The third-order valence-corrected chi connectivity index (χ3v) is 2.58. The second-order valence-electron chi connectivity index (χ2n) is 2.38. The van der Waals surface area contributed by atoms with Gasteiger partial charge in [-0.3, -0.25) is 0 Å². The van der Waals surface area contributed by atoms with Gasteiger partial charge in [0.2, 0.25) is 10.0 Å². The van der Waals surface area contributed by atoms with Crippen molar-refractivity contribution in [2.45, 2.75) is 19.4 Å². The Morgan fingerprint density at radius 1 is 1.67 bits per heavy atom. The van der Waals surface area contributed by atoms with Gasteiger partial charge in [-0.15, -0.1) is 0 Å². The molecular formula is C6H13N3O2S. The van der Waals surface area contributed by atoms with Crippen LogP contribution in [-0.4, -0.2) is 26.8 Å². The van der Waals surface area contributed by atoms with Crippen LogP contribution in [0.3, 0.4) is 0 Å². The summed E-state index contributed by atoms with van der Waals surface area (Å²) in [6.45, 7) is 2.08. The van der Waals surface area contributed by atoms with E-state index >= 15 is 0 Å². The van der Waals surface area contributed by atoms with Crippen LogP contribution in [0.25, 0.3) is 0 Å². The Balaban J connectivity index is 4.15. The van der Waals surface area contributed by atoms with Crippen molar-refractivity contribution < 1.29 is 8.42 Å². The van der Waals surface area contributed by atoms with Crippen LogP contribution in [-0.2, 0) is 10.0 Å². The zero-order valence-electron chi connectivity index (χ0n) is 6.95. The van der Waals surface area contributed by atoms with Crippen LogP contribution in [0.4, 0.5) is 0 Å². The highest BCUT2D eigenvalue weighted by molar-refractivity contribution is 7.89. The minimum Gasteiger partial charge on any atom is -0.329 e. The molecule has 0 aromatic carbocycles. The fourth-order valence-electron chi connectivity index (χ4n) is 0.679. The van der Waals surface area contributed by atoms with E-state index in [1.807, 2.05) is 6.92 Å². The van der Waals surface area contributed by atoms with Crippen molar-refractivity contribution in [3.8, 4) is 6.07 Å². The third kappa shape index (κ3) is 4.28. The van der Waals surface area contributed by atoms with E-state index in [-0.39, 0.29) is 12.6 Å². The standard InChI is InChI=1S/C6H13N3O2S/c1-2-6(5-8)9-12(10,11)4-3-7/h6,9H,2,4-5,8H2,1H3. The summed E-state index contributed by atoms with van der Waals surface area (Å²) in [5.41, 5.74) is 5.28. The van der Waals surface area contributed by atoms with Crippen molar-refractivity contribution in [3.05, 3.63) is 0 Å². The van der Waals surface area contributed by atoms with E-state index in [9.17, 15) is 8.42 Å². The van der Waals surface area contributed by atoms with Crippen LogP contribution in [0.15, 0.2) is 0 Å². The Kier molecular flexibility index (Phi) is 4.81. The van der Waals surface area contributed by atoms with E-state index in [4.69, 9.17) is 11.0 Å². The van der Waals surface area contributed by atoms with Crippen LogP contribution in [0.1, 0.15) is 13.3 Å². The number of sulfonamides is 1. The summed E-state index contributed by atoms with van der Waals surface area (Å²) in [6.07, 6.45) is 0.626. The highest BCUT2D eigenvalue weighted by atomic mass is 32.2. The van der Waals surface area contributed by atoms with Gasteiger partial charge < -0.3 is 5.73 Å². The molecule has 0 fully saturated rings. The molecule has 12 heavy (non-hydrogen) atoms. The Hall–Kier alpha value is -0.640. The molecule has 1 atom stereocenters. The van der Waals surface area contributed by atoms with Crippen molar-refractivity contribution in [2.75, 3.05) is 12.3 Å². The van der Waals surface area contributed by atoms with Gasteiger partial charge in [0.05, 0.1) is 6.07 Å². The monoisotopic (exact) mass is 191 g/mol. The number of nitrogens with one attached hydrogen (secondary N) is 1. The lowest BCUT2D eigenvalue weighted by molar-refractivity contribution is 0.545. The first kappa shape index (κ1) is 11.4. The first-order valence-corrected chi connectivity index (χ1v) is 5.28. The van der Waals surface area contributed by atoms with Gasteiger partial charge in [0.25, 0.3) is 0 Å². The zero-order valence-corrected chi connectivity index (χ0v) is 7.76. The second kappa shape index (κ2) is 5.09. The Morgan fingerprint density at radius 2 is 2.25 bits per heavy atom. The summed E-state index contributed by atoms with van der Waals surface area (Å²) in [6, 6.07) is 1.31. The molecule has 0 aliphatic rings. The molecule has 0 aromatic heterocycles. The second-order valence-corrected chi connectivity index (χ2v) is 4.13. The molecule has 0 saturated carbocycles. The highest BCUT2D eigenvalue weighted by Gasteiger charge is 2.14. The van der Waals surface area contributed by atoms with Gasteiger partial charge in [-0.05, 0) is 6.42 Å². The molecule has 0 aromatic rings. The maximum atomic E-state index is 11.0. The molecule has 0 spiro atoms. The minimum absolute atomic E-state index is 0.251. The molecule has 3 N–H and O–H groups in total. The average Bonchev–Trinajstić information content (AvgIpc) is 2.00. The summed E-state index contributed by atoms with van der Waals surface area (Å²) >= 11 is 0. The zero-order chi connectivity index (χ0) is 9.61. The molecule has 0 rings (SSSR count). The minimum atomic E-state index is -3.45. The molecule has 0 aliphatic heterocycles. The van der Waals surface area contributed by atoms with Crippen molar-refractivity contribution in [2.24, 2.45) is 5.73 Å². The van der Waals surface area contributed by atoms with Gasteiger partial charge in [-0.25, -0.2) is 13.1 Å². The maximum Gasteiger partial charge on any atom is 0.225 e. The topological polar surface area (TPSA) is 96.0 Å². The quantitative estimate of drug-likeness (QED) is 0.592. The van der Waals surface area contributed by atoms with Crippen molar-refractivity contribution >= 4 is 10.0 Å². The van der Waals surface area contributed by atoms with E-state index in [1.165, 1.54) is 0 Å². The number of nitriles is 1. The molecule has 70 valence electrons. The van der Waals surface area contributed by atoms with Gasteiger partial charge in [-0.1, -0.05) is 6.92 Å².